The summed E-state index contributed by atoms with van der Waals surface area (Å²) in [4.78, 5) is 16.7. The van der Waals surface area contributed by atoms with Crippen molar-refractivity contribution in [3.63, 3.8) is 0 Å². The molecule has 5 nitrogen and oxygen atoms in total. The molecule has 1 atom stereocenters. The predicted octanol–water partition coefficient (Wildman–Crippen LogP) is 2.67. The first-order valence-electron chi connectivity index (χ1n) is 8.43. The maximum Gasteiger partial charge on any atom is 0.263 e. The quantitative estimate of drug-likeness (QED) is 0.862. The van der Waals surface area contributed by atoms with Crippen LogP contribution in [0.3, 0.4) is 0 Å². The lowest BCUT2D eigenvalue weighted by atomic mass is 10.2. The fraction of sp³-hybridized carbons (Fsp3) is 0.300. The topological polar surface area (TPSA) is 56.6 Å². The SMILES string of the molecule is C[C@@H](Oc1ccc(C#N)cc1)C(=O)N1CCN(c2ccccc2)CC1. The van der Waals surface area contributed by atoms with Gasteiger partial charge in [-0.15, -0.1) is 0 Å². The summed E-state index contributed by atoms with van der Waals surface area (Å²) in [7, 11) is 0. The summed E-state index contributed by atoms with van der Waals surface area (Å²) in [5.41, 5.74) is 1.76. The van der Waals surface area contributed by atoms with Crippen LogP contribution in [0.5, 0.6) is 5.75 Å². The third-order valence-corrected chi connectivity index (χ3v) is 4.36. The number of piperazine rings is 1. The minimum Gasteiger partial charge on any atom is -0.481 e. The highest BCUT2D eigenvalue weighted by molar-refractivity contribution is 5.81. The van der Waals surface area contributed by atoms with Crippen LogP contribution in [0.25, 0.3) is 0 Å². The number of carbonyl (C=O) groups is 1. The van der Waals surface area contributed by atoms with E-state index in [-0.39, 0.29) is 5.91 Å². The number of hydrogen-bond donors (Lipinski definition) is 0. The minimum absolute atomic E-state index is 0.00271. The molecule has 25 heavy (non-hydrogen) atoms. The Morgan fingerprint density at radius 3 is 2.28 bits per heavy atom. The number of carbonyl (C=O) groups excluding carboxylic acids is 1. The van der Waals surface area contributed by atoms with Gasteiger partial charge >= 0.3 is 0 Å². The lowest BCUT2D eigenvalue weighted by Crippen LogP contribution is -2.52. The molecule has 1 fully saturated rings. The standard InChI is InChI=1S/C20H21N3O2/c1-16(25-19-9-7-17(15-21)8-10-19)20(24)23-13-11-22(12-14-23)18-5-3-2-4-6-18/h2-10,16H,11-14H2,1H3/t16-/m1/s1. The van der Waals surface area contributed by atoms with Crippen LogP contribution >= 0.6 is 0 Å². The smallest absolute Gasteiger partial charge is 0.263 e. The second-order valence-electron chi connectivity index (χ2n) is 6.04. The van der Waals surface area contributed by atoms with Gasteiger partial charge in [0.25, 0.3) is 5.91 Å². The summed E-state index contributed by atoms with van der Waals surface area (Å²) in [5.74, 6) is 0.597. The molecular formula is C20H21N3O2. The Kier molecular flexibility index (Phi) is 5.20. The lowest BCUT2D eigenvalue weighted by molar-refractivity contribution is -0.138. The molecule has 1 aliphatic rings. The number of amides is 1. The monoisotopic (exact) mass is 335 g/mol. The number of nitrogens with zero attached hydrogens (tertiary/aromatic N) is 3. The summed E-state index contributed by atoms with van der Waals surface area (Å²) in [6.45, 7) is 4.78. The van der Waals surface area contributed by atoms with E-state index in [1.807, 2.05) is 23.1 Å². The number of ether oxygens (including phenoxy) is 1. The van der Waals surface area contributed by atoms with Gasteiger partial charge in [-0.2, -0.15) is 5.26 Å². The molecule has 3 rings (SSSR count). The van der Waals surface area contributed by atoms with Crippen molar-refractivity contribution in [1.82, 2.24) is 4.90 Å². The Morgan fingerprint density at radius 2 is 1.68 bits per heavy atom. The highest BCUT2D eigenvalue weighted by Crippen LogP contribution is 2.18. The van der Waals surface area contributed by atoms with E-state index < -0.39 is 6.10 Å². The molecule has 0 radical (unpaired) electrons. The molecule has 0 bridgehead atoms. The van der Waals surface area contributed by atoms with E-state index in [9.17, 15) is 4.79 Å². The van der Waals surface area contributed by atoms with Gasteiger partial charge in [-0.25, -0.2) is 0 Å². The third-order valence-electron chi connectivity index (χ3n) is 4.36. The molecule has 1 amide bonds. The van der Waals surface area contributed by atoms with Crippen LogP contribution in [0.2, 0.25) is 0 Å². The summed E-state index contributed by atoms with van der Waals surface area (Å²) in [5, 5.41) is 8.82. The molecule has 1 saturated heterocycles. The molecule has 0 spiro atoms. The van der Waals surface area contributed by atoms with Gasteiger partial charge < -0.3 is 14.5 Å². The van der Waals surface area contributed by atoms with Gasteiger partial charge in [0.2, 0.25) is 0 Å². The van der Waals surface area contributed by atoms with Gasteiger partial charge in [0.15, 0.2) is 6.10 Å². The van der Waals surface area contributed by atoms with Crippen molar-refractivity contribution in [3.8, 4) is 11.8 Å². The zero-order chi connectivity index (χ0) is 17.6. The van der Waals surface area contributed by atoms with Crippen LogP contribution in [0.4, 0.5) is 5.69 Å². The Bertz CT molecular complexity index is 745. The average molecular weight is 335 g/mol. The van der Waals surface area contributed by atoms with E-state index >= 15 is 0 Å². The van der Waals surface area contributed by atoms with Crippen LogP contribution < -0.4 is 9.64 Å². The van der Waals surface area contributed by atoms with Crippen LogP contribution in [0.1, 0.15) is 12.5 Å². The Balaban J connectivity index is 1.54. The first-order valence-corrected chi connectivity index (χ1v) is 8.43. The molecule has 2 aromatic rings. The van der Waals surface area contributed by atoms with Gasteiger partial charge in [-0.3, -0.25) is 4.79 Å². The summed E-state index contributed by atoms with van der Waals surface area (Å²) < 4.78 is 5.73. The third kappa shape index (κ3) is 4.10. The van der Waals surface area contributed by atoms with Crippen LogP contribution in [0, 0.1) is 11.3 Å². The maximum atomic E-state index is 12.6. The van der Waals surface area contributed by atoms with Crippen molar-refractivity contribution in [1.29, 1.82) is 5.26 Å². The molecule has 0 aliphatic carbocycles. The molecule has 2 aromatic carbocycles. The minimum atomic E-state index is -0.545. The van der Waals surface area contributed by atoms with Gasteiger partial charge in [0, 0.05) is 31.9 Å². The number of hydrogen-bond acceptors (Lipinski definition) is 4. The normalized spacial score (nSPS) is 15.4. The Labute approximate surface area is 148 Å². The van der Waals surface area contributed by atoms with E-state index in [0.29, 0.717) is 24.4 Å². The van der Waals surface area contributed by atoms with E-state index in [2.05, 4.69) is 23.1 Å². The second kappa shape index (κ2) is 7.71. The fourth-order valence-electron chi connectivity index (χ4n) is 2.94. The number of anilines is 1. The van der Waals surface area contributed by atoms with Crippen LogP contribution in [-0.4, -0.2) is 43.1 Å². The first kappa shape index (κ1) is 16.8. The summed E-state index contributed by atoms with van der Waals surface area (Å²) in [6.07, 6.45) is -0.545. The molecule has 5 heteroatoms. The molecule has 128 valence electrons. The van der Waals surface area contributed by atoms with E-state index in [1.54, 1.807) is 31.2 Å². The number of nitriles is 1. The van der Waals surface area contributed by atoms with Gasteiger partial charge in [0.1, 0.15) is 5.75 Å². The second-order valence-corrected chi connectivity index (χ2v) is 6.04. The molecule has 0 unspecified atom stereocenters. The molecule has 0 saturated carbocycles. The zero-order valence-electron chi connectivity index (χ0n) is 14.3. The maximum absolute atomic E-state index is 12.6. The molecule has 0 aromatic heterocycles. The largest absolute Gasteiger partial charge is 0.481 e. The molecule has 1 aliphatic heterocycles. The molecule has 0 N–H and O–H groups in total. The predicted molar refractivity (Wildman–Crippen MR) is 96.5 cm³/mol. The van der Waals surface area contributed by atoms with E-state index in [0.717, 1.165) is 13.1 Å². The number of benzene rings is 2. The average Bonchev–Trinajstić information content (AvgIpc) is 2.69. The van der Waals surface area contributed by atoms with Crippen LogP contribution in [-0.2, 0) is 4.79 Å². The summed E-state index contributed by atoms with van der Waals surface area (Å²) >= 11 is 0. The fourth-order valence-corrected chi connectivity index (χ4v) is 2.94. The number of para-hydroxylation sites is 1. The van der Waals surface area contributed by atoms with Crippen molar-refractivity contribution in [2.24, 2.45) is 0 Å². The van der Waals surface area contributed by atoms with Crippen molar-refractivity contribution in [3.05, 3.63) is 60.2 Å². The number of rotatable bonds is 4. The Morgan fingerprint density at radius 1 is 1.04 bits per heavy atom. The van der Waals surface area contributed by atoms with Crippen molar-refractivity contribution in [2.75, 3.05) is 31.1 Å². The van der Waals surface area contributed by atoms with Gasteiger partial charge in [0.05, 0.1) is 11.6 Å². The van der Waals surface area contributed by atoms with Crippen molar-refractivity contribution in [2.45, 2.75) is 13.0 Å². The van der Waals surface area contributed by atoms with E-state index in [4.69, 9.17) is 10.00 Å². The molecule has 1 heterocycles. The molecular weight excluding hydrogens is 314 g/mol. The first-order chi connectivity index (χ1) is 12.2. The highest BCUT2D eigenvalue weighted by atomic mass is 16.5. The highest BCUT2D eigenvalue weighted by Gasteiger charge is 2.26. The summed E-state index contributed by atoms with van der Waals surface area (Å²) in [6, 6.07) is 19.1. The van der Waals surface area contributed by atoms with Crippen molar-refractivity contribution >= 4 is 11.6 Å². The van der Waals surface area contributed by atoms with Crippen molar-refractivity contribution < 1.29 is 9.53 Å². The van der Waals surface area contributed by atoms with E-state index in [1.165, 1.54) is 5.69 Å². The zero-order valence-corrected chi connectivity index (χ0v) is 14.3. The van der Waals surface area contributed by atoms with Crippen LogP contribution in [0.15, 0.2) is 54.6 Å². The van der Waals surface area contributed by atoms with Gasteiger partial charge in [-0.05, 0) is 43.3 Å². The Hall–Kier alpha value is -3.00. The van der Waals surface area contributed by atoms with Gasteiger partial charge in [-0.1, -0.05) is 18.2 Å². The lowest BCUT2D eigenvalue weighted by Gasteiger charge is -2.37.